The lowest BCUT2D eigenvalue weighted by Gasteiger charge is -2.24. The van der Waals surface area contributed by atoms with Gasteiger partial charge >= 0.3 is 0 Å². The second-order valence-electron chi connectivity index (χ2n) is 5.67. The van der Waals surface area contributed by atoms with Gasteiger partial charge in [0.05, 0.1) is 0 Å². The van der Waals surface area contributed by atoms with Crippen molar-refractivity contribution in [1.29, 1.82) is 0 Å². The molecule has 0 bridgehead atoms. The molecule has 0 saturated carbocycles. The molecule has 23 heavy (non-hydrogen) atoms. The minimum absolute atomic E-state index is 0.0459. The average molecular weight is 319 g/mol. The van der Waals surface area contributed by atoms with Gasteiger partial charge in [-0.3, -0.25) is 9.59 Å². The van der Waals surface area contributed by atoms with Crippen molar-refractivity contribution < 1.29 is 9.59 Å². The maximum atomic E-state index is 12.1. The van der Waals surface area contributed by atoms with Gasteiger partial charge in [0, 0.05) is 37.4 Å². The Morgan fingerprint density at radius 1 is 1.04 bits per heavy atom. The Kier molecular flexibility index (Phi) is 7.59. The Morgan fingerprint density at radius 3 is 2.00 bits per heavy atom. The second-order valence-corrected chi connectivity index (χ2v) is 5.67. The molecule has 0 aliphatic heterocycles. The Hall–Kier alpha value is -2.04. The van der Waals surface area contributed by atoms with E-state index in [-0.39, 0.29) is 24.4 Å². The molecule has 1 N–H and O–H groups in total. The minimum Gasteiger partial charge on any atom is -0.372 e. The van der Waals surface area contributed by atoms with Gasteiger partial charge in [-0.2, -0.15) is 0 Å². The predicted octanol–water partition coefficient (Wildman–Crippen LogP) is 2.80. The highest BCUT2D eigenvalue weighted by Gasteiger charge is 2.17. The fourth-order valence-corrected chi connectivity index (χ4v) is 2.38. The second kappa shape index (κ2) is 9.18. The molecule has 1 aromatic rings. The number of hydrogen-bond donors (Lipinski definition) is 1. The van der Waals surface area contributed by atoms with Gasteiger partial charge in [0.25, 0.3) is 0 Å². The largest absolute Gasteiger partial charge is 0.372 e. The molecule has 1 aromatic carbocycles. The fraction of sp³-hybridized carbons (Fsp3) is 0.556. The summed E-state index contributed by atoms with van der Waals surface area (Å²) in [6.07, 6.45) is 0.865. The maximum absolute atomic E-state index is 12.1. The Bertz CT molecular complexity index is 510. The van der Waals surface area contributed by atoms with Gasteiger partial charge in [-0.25, -0.2) is 0 Å². The molecule has 2 amide bonds. The van der Waals surface area contributed by atoms with Gasteiger partial charge in [-0.1, -0.05) is 6.92 Å². The van der Waals surface area contributed by atoms with Gasteiger partial charge in [-0.15, -0.1) is 0 Å². The first-order valence-electron chi connectivity index (χ1n) is 8.35. The van der Waals surface area contributed by atoms with E-state index in [0.29, 0.717) is 0 Å². The zero-order valence-corrected chi connectivity index (χ0v) is 14.9. The molecule has 0 aliphatic carbocycles. The summed E-state index contributed by atoms with van der Waals surface area (Å²) >= 11 is 0. The molecule has 0 aliphatic rings. The van der Waals surface area contributed by atoms with Gasteiger partial charge in [0.1, 0.15) is 6.54 Å². The van der Waals surface area contributed by atoms with Crippen molar-refractivity contribution in [2.45, 2.75) is 47.1 Å². The summed E-state index contributed by atoms with van der Waals surface area (Å²) < 4.78 is 0. The molecule has 0 radical (unpaired) electrons. The average Bonchev–Trinajstić information content (AvgIpc) is 2.54. The van der Waals surface area contributed by atoms with Crippen LogP contribution in [0.4, 0.5) is 11.4 Å². The highest BCUT2D eigenvalue weighted by atomic mass is 16.2. The van der Waals surface area contributed by atoms with Crippen molar-refractivity contribution in [3.8, 4) is 0 Å². The number of carbonyl (C=O) groups is 2. The minimum atomic E-state index is -0.139. The summed E-state index contributed by atoms with van der Waals surface area (Å²) in [6, 6.07) is 7.88. The Balaban J connectivity index is 2.85. The summed E-state index contributed by atoms with van der Waals surface area (Å²) in [5, 5.41) is 2.89. The lowest BCUT2D eigenvalue weighted by molar-refractivity contribution is -0.123. The van der Waals surface area contributed by atoms with E-state index in [9.17, 15) is 9.59 Å². The maximum Gasteiger partial charge on any atom is 0.240 e. The van der Waals surface area contributed by atoms with E-state index in [1.165, 1.54) is 11.8 Å². The fourth-order valence-electron chi connectivity index (χ4n) is 2.38. The SMILES string of the molecule is CCC(C)NC(=O)CN(C(C)=O)c1ccc(N(CC)CC)cc1. The molecule has 1 rings (SSSR count). The van der Waals surface area contributed by atoms with Crippen LogP contribution >= 0.6 is 0 Å². The molecule has 0 spiro atoms. The molecule has 5 nitrogen and oxygen atoms in total. The van der Waals surface area contributed by atoms with Crippen LogP contribution in [0.15, 0.2) is 24.3 Å². The van der Waals surface area contributed by atoms with Crippen LogP contribution in [-0.2, 0) is 9.59 Å². The number of hydrogen-bond acceptors (Lipinski definition) is 3. The summed E-state index contributed by atoms with van der Waals surface area (Å²) in [5.41, 5.74) is 1.86. The van der Waals surface area contributed by atoms with Crippen LogP contribution in [0.25, 0.3) is 0 Å². The first kappa shape index (κ1) is 19.0. The van der Waals surface area contributed by atoms with Crippen molar-refractivity contribution in [2.24, 2.45) is 0 Å². The van der Waals surface area contributed by atoms with Crippen LogP contribution in [0.1, 0.15) is 41.0 Å². The van der Waals surface area contributed by atoms with E-state index >= 15 is 0 Å². The number of nitrogens with zero attached hydrogens (tertiary/aromatic N) is 2. The Labute approximate surface area is 139 Å². The van der Waals surface area contributed by atoms with Crippen LogP contribution in [-0.4, -0.2) is 37.5 Å². The molecule has 5 heteroatoms. The van der Waals surface area contributed by atoms with Crippen LogP contribution in [0.2, 0.25) is 0 Å². The highest BCUT2D eigenvalue weighted by Crippen LogP contribution is 2.21. The van der Waals surface area contributed by atoms with Crippen molar-refractivity contribution in [3.05, 3.63) is 24.3 Å². The lowest BCUT2D eigenvalue weighted by Crippen LogP contribution is -2.42. The van der Waals surface area contributed by atoms with Crippen LogP contribution < -0.4 is 15.1 Å². The van der Waals surface area contributed by atoms with Gasteiger partial charge in [0.15, 0.2) is 0 Å². The van der Waals surface area contributed by atoms with Crippen molar-refractivity contribution in [3.63, 3.8) is 0 Å². The van der Waals surface area contributed by atoms with Gasteiger partial charge in [0.2, 0.25) is 11.8 Å². The third-order valence-corrected chi connectivity index (χ3v) is 3.99. The van der Waals surface area contributed by atoms with Crippen molar-refractivity contribution >= 4 is 23.2 Å². The molecular weight excluding hydrogens is 290 g/mol. The molecular formula is C18H29N3O2. The number of nitrogens with one attached hydrogen (secondary N) is 1. The summed E-state index contributed by atoms with van der Waals surface area (Å²) in [4.78, 5) is 27.7. The van der Waals surface area contributed by atoms with Gasteiger partial charge in [-0.05, 0) is 51.5 Å². The van der Waals surface area contributed by atoms with E-state index in [1.807, 2.05) is 38.1 Å². The molecule has 0 heterocycles. The van der Waals surface area contributed by atoms with Crippen molar-refractivity contribution in [2.75, 3.05) is 29.4 Å². The number of carbonyl (C=O) groups excluding carboxylic acids is 2. The molecule has 0 fully saturated rings. The summed E-state index contributed by atoms with van der Waals surface area (Å²) in [7, 11) is 0. The molecule has 1 unspecified atom stereocenters. The molecule has 128 valence electrons. The van der Waals surface area contributed by atoms with E-state index in [0.717, 1.165) is 30.9 Å². The van der Waals surface area contributed by atoms with Crippen molar-refractivity contribution in [1.82, 2.24) is 5.32 Å². The smallest absolute Gasteiger partial charge is 0.240 e. The summed E-state index contributed by atoms with van der Waals surface area (Å²) in [5.74, 6) is -0.276. The lowest BCUT2D eigenvalue weighted by atomic mass is 10.2. The van der Waals surface area contributed by atoms with Gasteiger partial charge < -0.3 is 15.1 Å². The summed E-state index contributed by atoms with van der Waals surface area (Å²) in [6.45, 7) is 11.6. The highest BCUT2D eigenvalue weighted by molar-refractivity contribution is 5.97. The van der Waals surface area contributed by atoms with E-state index in [4.69, 9.17) is 0 Å². The third-order valence-electron chi connectivity index (χ3n) is 3.99. The predicted molar refractivity (Wildman–Crippen MR) is 95.9 cm³/mol. The number of rotatable bonds is 8. The normalized spacial score (nSPS) is 11.7. The van der Waals surface area contributed by atoms with E-state index in [1.54, 1.807) is 0 Å². The standard InChI is InChI=1S/C18H29N3O2/c1-6-14(4)19-18(23)13-21(15(5)22)17-11-9-16(10-12-17)20(7-2)8-3/h9-12,14H,6-8,13H2,1-5H3,(H,19,23). The van der Waals surface area contributed by atoms with E-state index < -0.39 is 0 Å². The number of benzene rings is 1. The first-order valence-corrected chi connectivity index (χ1v) is 8.35. The van der Waals surface area contributed by atoms with Crippen LogP contribution in [0.5, 0.6) is 0 Å². The first-order chi connectivity index (χ1) is 10.9. The zero-order chi connectivity index (χ0) is 17.4. The van der Waals surface area contributed by atoms with E-state index in [2.05, 4.69) is 24.1 Å². The monoisotopic (exact) mass is 319 g/mol. The molecule has 0 saturated heterocycles. The Morgan fingerprint density at radius 2 is 1.57 bits per heavy atom. The van der Waals surface area contributed by atoms with Crippen LogP contribution in [0.3, 0.4) is 0 Å². The number of anilines is 2. The zero-order valence-electron chi connectivity index (χ0n) is 14.9. The third kappa shape index (κ3) is 5.58. The topological polar surface area (TPSA) is 52.7 Å². The molecule has 1 atom stereocenters. The number of amides is 2. The molecule has 0 aromatic heterocycles. The quantitative estimate of drug-likeness (QED) is 0.801. The van der Waals surface area contributed by atoms with Crippen LogP contribution in [0, 0.1) is 0 Å².